The number of carbonyl (C=O) groups excluding carboxylic acids is 1. The number of hydrogen-bond donors (Lipinski definition) is 2. The lowest BCUT2D eigenvalue weighted by Gasteiger charge is -2.34. The van der Waals surface area contributed by atoms with E-state index in [4.69, 9.17) is 0 Å². The van der Waals surface area contributed by atoms with Crippen LogP contribution in [0.5, 0.6) is 0 Å². The van der Waals surface area contributed by atoms with Gasteiger partial charge in [-0.25, -0.2) is 0 Å². The molecule has 1 fully saturated rings. The van der Waals surface area contributed by atoms with Crippen molar-refractivity contribution in [3.8, 4) is 0 Å². The molecular weight excluding hydrogens is 216 g/mol. The van der Waals surface area contributed by atoms with Gasteiger partial charge in [0.15, 0.2) is 0 Å². The van der Waals surface area contributed by atoms with E-state index < -0.39 is 0 Å². The van der Waals surface area contributed by atoms with Gasteiger partial charge in [-0.2, -0.15) is 0 Å². The summed E-state index contributed by atoms with van der Waals surface area (Å²) in [5.41, 5.74) is 0. The molecule has 0 aromatic carbocycles. The van der Waals surface area contributed by atoms with Gasteiger partial charge >= 0.3 is 0 Å². The monoisotopic (exact) mass is 242 g/mol. The number of carbonyl (C=O) groups is 1. The van der Waals surface area contributed by atoms with Crippen molar-refractivity contribution in [1.82, 2.24) is 20.4 Å². The molecule has 1 aliphatic rings. The van der Waals surface area contributed by atoms with Crippen molar-refractivity contribution in [2.24, 2.45) is 0 Å². The second-order valence-corrected chi connectivity index (χ2v) is 4.95. The molecule has 0 aliphatic carbocycles. The number of amides is 1. The maximum atomic E-state index is 12.4. The predicted molar refractivity (Wildman–Crippen MR) is 70.1 cm³/mol. The standard InChI is InChI=1S/C12H26N4O/c1-5-16(10(2)9-15(3)4)12(17)11-8-13-6-7-14-11/h10-11,13-14H,5-9H2,1-4H3. The van der Waals surface area contributed by atoms with Crippen LogP contribution in [0.2, 0.25) is 0 Å². The summed E-state index contributed by atoms with van der Waals surface area (Å²) in [6.45, 7) is 8.38. The van der Waals surface area contributed by atoms with Gasteiger partial charge in [-0.05, 0) is 27.9 Å². The van der Waals surface area contributed by atoms with Gasteiger partial charge in [0.1, 0.15) is 0 Å². The van der Waals surface area contributed by atoms with Crippen LogP contribution in [0.15, 0.2) is 0 Å². The molecule has 17 heavy (non-hydrogen) atoms. The zero-order valence-electron chi connectivity index (χ0n) is 11.5. The number of nitrogens with one attached hydrogen (secondary N) is 2. The van der Waals surface area contributed by atoms with E-state index in [1.165, 1.54) is 0 Å². The fraction of sp³-hybridized carbons (Fsp3) is 0.917. The van der Waals surface area contributed by atoms with E-state index in [1.54, 1.807) is 0 Å². The Morgan fingerprint density at radius 1 is 1.41 bits per heavy atom. The Morgan fingerprint density at radius 3 is 2.59 bits per heavy atom. The number of piperazine rings is 1. The lowest BCUT2D eigenvalue weighted by Crippen LogP contribution is -2.58. The summed E-state index contributed by atoms with van der Waals surface area (Å²) in [6.07, 6.45) is 0. The third-order valence-electron chi connectivity index (χ3n) is 3.12. The SMILES string of the molecule is CCN(C(=O)C1CNCCN1)C(C)CN(C)C. The minimum Gasteiger partial charge on any atom is -0.338 e. The van der Waals surface area contributed by atoms with Gasteiger partial charge in [-0.1, -0.05) is 0 Å². The smallest absolute Gasteiger partial charge is 0.241 e. The first-order valence-corrected chi connectivity index (χ1v) is 6.45. The summed E-state index contributed by atoms with van der Waals surface area (Å²) in [7, 11) is 4.07. The molecule has 1 aliphatic heterocycles. The molecule has 1 saturated heterocycles. The van der Waals surface area contributed by atoms with Gasteiger partial charge in [-0.15, -0.1) is 0 Å². The van der Waals surface area contributed by atoms with Crippen LogP contribution in [0.25, 0.3) is 0 Å². The average Bonchev–Trinajstić information content (AvgIpc) is 2.30. The largest absolute Gasteiger partial charge is 0.338 e. The molecule has 1 amide bonds. The van der Waals surface area contributed by atoms with E-state index in [0.29, 0.717) is 0 Å². The zero-order chi connectivity index (χ0) is 12.8. The normalized spacial score (nSPS) is 22.5. The summed E-state index contributed by atoms with van der Waals surface area (Å²) in [4.78, 5) is 16.4. The van der Waals surface area contributed by atoms with Crippen LogP contribution in [-0.4, -0.2) is 74.6 Å². The zero-order valence-corrected chi connectivity index (χ0v) is 11.5. The molecular formula is C12H26N4O. The van der Waals surface area contributed by atoms with Gasteiger partial charge in [0.05, 0.1) is 6.04 Å². The molecule has 0 bridgehead atoms. The van der Waals surface area contributed by atoms with Gasteiger partial charge < -0.3 is 20.4 Å². The van der Waals surface area contributed by atoms with Crippen molar-refractivity contribution in [3.05, 3.63) is 0 Å². The van der Waals surface area contributed by atoms with Gasteiger partial charge in [0, 0.05) is 38.8 Å². The molecule has 5 nitrogen and oxygen atoms in total. The number of nitrogens with zero attached hydrogens (tertiary/aromatic N) is 2. The molecule has 0 radical (unpaired) electrons. The number of hydrogen-bond acceptors (Lipinski definition) is 4. The van der Waals surface area contributed by atoms with Crippen molar-refractivity contribution >= 4 is 5.91 Å². The van der Waals surface area contributed by atoms with Crippen molar-refractivity contribution in [2.75, 3.05) is 46.8 Å². The molecule has 1 rings (SSSR count). The van der Waals surface area contributed by atoms with Crippen LogP contribution in [-0.2, 0) is 4.79 Å². The Kier molecular flexibility index (Phi) is 5.88. The first kappa shape index (κ1) is 14.4. The molecule has 2 unspecified atom stereocenters. The fourth-order valence-corrected chi connectivity index (χ4v) is 2.34. The fourth-order valence-electron chi connectivity index (χ4n) is 2.34. The van der Waals surface area contributed by atoms with Crippen LogP contribution in [0.4, 0.5) is 0 Å². The van der Waals surface area contributed by atoms with Gasteiger partial charge in [0.25, 0.3) is 0 Å². The highest BCUT2D eigenvalue weighted by Crippen LogP contribution is 2.04. The van der Waals surface area contributed by atoms with Crippen LogP contribution in [0.3, 0.4) is 0 Å². The minimum absolute atomic E-state index is 0.0617. The summed E-state index contributed by atoms with van der Waals surface area (Å²) in [5.74, 6) is 0.217. The van der Waals surface area contributed by atoms with Crippen molar-refractivity contribution < 1.29 is 4.79 Å². The van der Waals surface area contributed by atoms with Crippen LogP contribution >= 0.6 is 0 Å². The highest BCUT2D eigenvalue weighted by atomic mass is 16.2. The van der Waals surface area contributed by atoms with Crippen LogP contribution < -0.4 is 10.6 Å². The summed E-state index contributed by atoms with van der Waals surface area (Å²) < 4.78 is 0. The third-order valence-corrected chi connectivity index (χ3v) is 3.12. The van der Waals surface area contributed by atoms with Crippen LogP contribution in [0.1, 0.15) is 13.8 Å². The van der Waals surface area contributed by atoms with Gasteiger partial charge in [-0.3, -0.25) is 4.79 Å². The number of rotatable bonds is 5. The Balaban J connectivity index is 2.55. The summed E-state index contributed by atoms with van der Waals surface area (Å²) >= 11 is 0. The van der Waals surface area contributed by atoms with Gasteiger partial charge in [0.2, 0.25) is 5.91 Å². The first-order valence-electron chi connectivity index (χ1n) is 6.45. The first-order chi connectivity index (χ1) is 8.06. The van der Waals surface area contributed by atoms with E-state index in [9.17, 15) is 4.79 Å². The maximum Gasteiger partial charge on any atom is 0.241 e. The Morgan fingerprint density at radius 2 is 2.12 bits per heavy atom. The second-order valence-electron chi connectivity index (χ2n) is 4.95. The maximum absolute atomic E-state index is 12.4. The highest BCUT2D eigenvalue weighted by molar-refractivity contribution is 5.82. The molecule has 0 saturated carbocycles. The second kappa shape index (κ2) is 6.93. The van der Waals surface area contributed by atoms with E-state index in [2.05, 4.69) is 22.5 Å². The molecule has 1 heterocycles. The summed E-state index contributed by atoms with van der Waals surface area (Å²) in [5, 5.41) is 6.53. The Hall–Kier alpha value is -0.650. The molecule has 100 valence electrons. The molecule has 2 atom stereocenters. The topological polar surface area (TPSA) is 47.6 Å². The third kappa shape index (κ3) is 4.26. The molecule has 5 heteroatoms. The van der Waals surface area contributed by atoms with Crippen molar-refractivity contribution in [1.29, 1.82) is 0 Å². The van der Waals surface area contributed by atoms with Crippen molar-refractivity contribution in [2.45, 2.75) is 25.9 Å². The van der Waals surface area contributed by atoms with E-state index in [1.807, 2.05) is 25.9 Å². The van der Waals surface area contributed by atoms with Crippen molar-refractivity contribution in [3.63, 3.8) is 0 Å². The predicted octanol–water partition coefficient (Wildman–Crippen LogP) is -0.654. The molecule has 0 aromatic heterocycles. The quantitative estimate of drug-likeness (QED) is 0.672. The lowest BCUT2D eigenvalue weighted by atomic mass is 10.1. The van der Waals surface area contributed by atoms with Crippen LogP contribution in [0, 0.1) is 0 Å². The number of likely N-dealkylation sites (N-methyl/N-ethyl adjacent to an activating group) is 2. The Labute approximate surface area is 105 Å². The Bertz CT molecular complexity index is 239. The summed E-state index contributed by atoms with van der Waals surface area (Å²) in [6, 6.07) is 0.194. The van der Waals surface area contributed by atoms with E-state index in [0.717, 1.165) is 32.7 Å². The lowest BCUT2D eigenvalue weighted by molar-refractivity contribution is -0.135. The van der Waals surface area contributed by atoms with E-state index in [-0.39, 0.29) is 18.0 Å². The molecule has 2 N–H and O–H groups in total. The average molecular weight is 242 g/mol. The minimum atomic E-state index is -0.0617. The molecule has 0 spiro atoms. The molecule has 0 aromatic rings. The highest BCUT2D eigenvalue weighted by Gasteiger charge is 2.27. The van der Waals surface area contributed by atoms with E-state index >= 15 is 0 Å².